The van der Waals surface area contributed by atoms with Crippen LogP contribution >= 0.6 is 0 Å². The second kappa shape index (κ2) is 8.87. The predicted molar refractivity (Wildman–Crippen MR) is 114 cm³/mol. The summed E-state index contributed by atoms with van der Waals surface area (Å²) in [5.74, 6) is 2.51. The summed E-state index contributed by atoms with van der Waals surface area (Å²) >= 11 is 0. The zero-order valence-corrected chi connectivity index (χ0v) is 16.4. The summed E-state index contributed by atoms with van der Waals surface area (Å²) < 4.78 is 0. The van der Waals surface area contributed by atoms with Gasteiger partial charge in [-0.3, -0.25) is 10.1 Å². The van der Waals surface area contributed by atoms with Gasteiger partial charge in [-0.25, -0.2) is 4.98 Å². The second-order valence-electron chi connectivity index (χ2n) is 7.26. The number of guanidine groups is 1. The Hall–Kier alpha value is -2.89. The van der Waals surface area contributed by atoms with E-state index in [9.17, 15) is 0 Å². The molecular weight excluding hydrogens is 348 g/mol. The molecular formula is C22H28N6. The summed E-state index contributed by atoms with van der Waals surface area (Å²) in [6.45, 7) is 5.78. The Morgan fingerprint density at radius 3 is 2.79 bits per heavy atom. The normalized spacial score (nSPS) is 15.9. The first-order valence-electron chi connectivity index (χ1n) is 10.2. The van der Waals surface area contributed by atoms with E-state index in [1.54, 1.807) is 6.33 Å². The van der Waals surface area contributed by atoms with Gasteiger partial charge in [-0.05, 0) is 42.5 Å². The number of nitrogens with zero attached hydrogens (tertiary/aromatic N) is 4. The van der Waals surface area contributed by atoms with Crippen LogP contribution in [0.4, 0.5) is 0 Å². The molecule has 0 amide bonds. The zero-order valence-electron chi connectivity index (χ0n) is 16.4. The summed E-state index contributed by atoms with van der Waals surface area (Å²) in [4.78, 5) is 11.6. The summed E-state index contributed by atoms with van der Waals surface area (Å²) in [7, 11) is 0. The first-order chi connectivity index (χ1) is 13.8. The minimum atomic E-state index is 0.470. The van der Waals surface area contributed by atoms with Crippen LogP contribution in [0.15, 0.2) is 53.8 Å². The number of piperidine rings is 1. The van der Waals surface area contributed by atoms with Crippen molar-refractivity contribution in [3.05, 3.63) is 60.2 Å². The quantitative estimate of drug-likeness (QED) is 0.529. The molecule has 3 aromatic rings. The van der Waals surface area contributed by atoms with Crippen molar-refractivity contribution >= 4 is 16.7 Å². The maximum atomic E-state index is 4.92. The average molecular weight is 377 g/mol. The molecule has 1 saturated heterocycles. The summed E-state index contributed by atoms with van der Waals surface area (Å²) in [6, 6.07) is 15.1. The Morgan fingerprint density at radius 2 is 2.00 bits per heavy atom. The molecule has 146 valence electrons. The van der Waals surface area contributed by atoms with Gasteiger partial charge in [-0.1, -0.05) is 42.5 Å². The molecule has 1 fully saturated rings. The van der Waals surface area contributed by atoms with Gasteiger partial charge in [0.25, 0.3) is 0 Å². The fourth-order valence-electron chi connectivity index (χ4n) is 3.99. The lowest BCUT2D eigenvalue weighted by Crippen LogP contribution is -2.45. The van der Waals surface area contributed by atoms with Gasteiger partial charge in [-0.2, -0.15) is 5.10 Å². The average Bonchev–Trinajstić information content (AvgIpc) is 3.28. The number of fused-ring (bicyclic) bond motifs is 1. The van der Waals surface area contributed by atoms with Crippen LogP contribution in [0.25, 0.3) is 10.8 Å². The predicted octanol–water partition coefficient (Wildman–Crippen LogP) is 3.35. The molecule has 2 aromatic carbocycles. The standard InChI is InChI=1S/C22H28N6/c1-2-23-22(28-14-11-19(12-15-28)21-25-16-26-27-21)24-13-10-18-8-5-7-17-6-3-4-9-20(17)18/h3-9,16,19H,2,10-15H2,1H3,(H,23,24)(H,25,26,27). The highest BCUT2D eigenvalue weighted by Gasteiger charge is 2.24. The Kier molecular flexibility index (Phi) is 5.85. The summed E-state index contributed by atoms with van der Waals surface area (Å²) in [6.07, 6.45) is 4.69. The van der Waals surface area contributed by atoms with Crippen molar-refractivity contribution in [2.24, 2.45) is 4.99 Å². The Morgan fingerprint density at radius 1 is 1.18 bits per heavy atom. The molecule has 1 aliphatic rings. The lowest BCUT2D eigenvalue weighted by molar-refractivity contribution is 0.299. The third-order valence-electron chi connectivity index (χ3n) is 5.47. The lowest BCUT2D eigenvalue weighted by Gasteiger charge is -2.33. The Balaban J connectivity index is 1.39. The molecule has 1 aliphatic heterocycles. The number of nitrogens with one attached hydrogen (secondary N) is 2. The van der Waals surface area contributed by atoms with Crippen molar-refractivity contribution in [1.29, 1.82) is 0 Å². The van der Waals surface area contributed by atoms with E-state index in [4.69, 9.17) is 4.99 Å². The van der Waals surface area contributed by atoms with Crippen molar-refractivity contribution < 1.29 is 0 Å². The van der Waals surface area contributed by atoms with Crippen LogP contribution in [0.3, 0.4) is 0 Å². The van der Waals surface area contributed by atoms with Gasteiger partial charge in [0.05, 0.1) is 0 Å². The summed E-state index contributed by atoms with van der Waals surface area (Å²) in [5, 5.41) is 13.1. The van der Waals surface area contributed by atoms with Crippen molar-refractivity contribution in [2.75, 3.05) is 26.2 Å². The molecule has 0 saturated carbocycles. The third-order valence-corrected chi connectivity index (χ3v) is 5.47. The van der Waals surface area contributed by atoms with Crippen molar-refractivity contribution in [2.45, 2.75) is 32.1 Å². The number of aliphatic imine (C=N–C) groups is 1. The van der Waals surface area contributed by atoms with Crippen LogP contribution in [0.1, 0.15) is 37.1 Å². The largest absolute Gasteiger partial charge is 0.357 e. The molecule has 6 heteroatoms. The SMILES string of the molecule is CCNC(=NCCc1cccc2ccccc12)N1CCC(c2ncn[nH]2)CC1. The Labute approximate surface area is 166 Å². The first-order valence-corrected chi connectivity index (χ1v) is 10.2. The number of hydrogen-bond acceptors (Lipinski definition) is 3. The number of benzene rings is 2. The molecule has 0 unspecified atom stereocenters. The minimum Gasteiger partial charge on any atom is -0.357 e. The van der Waals surface area contributed by atoms with E-state index < -0.39 is 0 Å². The molecule has 0 bridgehead atoms. The number of hydrogen-bond donors (Lipinski definition) is 2. The maximum absolute atomic E-state index is 4.92. The topological polar surface area (TPSA) is 69.2 Å². The number of rotatable bonds is 5. The number of aromatic amines is 1. The van der Waals surface area contributed by atoms with Gasteiger partial charge in [0.15, 0.2) is 5.96 Å². The molecule has 0 atom stereocenters. The molecule has 6 nitrogen and oxygen atoms in total. The van der Waals surface area contributed by atoms with E-state index >= 15 is 0 Å². The second-order valence-corrected chi connectivity index (χ2v) is 7.26. The van der Waals surface area contributed by atoms with E-state index in [1.807, 2.05) is 0 Å². The molecule has 1 aromatic heterocycles. The summed E-state index contributed by atoms with van der Waals surface area (Å²) in [5.41, 5.74) is 1.36. The zero-order chi connectivity index (χ0) is 19.2. The van der Waals surface area contributed by atoms with Gasteiger partial charge < -0.3 is 10.2 Å². The van der Waals surface area contributed by atoms with E-state index in [0.717, 1.165) is 57.2 Å². The van der Waals surface area contributed by atoms with Crippen molar-refractivity contribution in [3.63, 3.8) is 0 Å². The number of likely N-dealkylation sites (tertiary alicyclic amines) is 1. The van der Waals surface area contributed by atoms with Gasteiger partial charge in [0, 0.05) is 32.1 Å². The molecule has 2 N–H and O–H groups in total. The monoisotopic (exact) mass is 376 g/mol. The van der Waals surface area contributed by atoms with Crippen LogP contribution in [0.5, 0.6) is 0 Å². The molecule has 0 radical (unpaired) electrons. The van der Waals surface area contributed by atoms with Crippen LogP contribution < -0.4 is 5.32 Å². The van der Waals surface area contributed by atoms with E-state index in [1.165, 1.54) is 16.3 Å². The highest BCUT2D eigenvalue weighted by Crippen LogP contribution is 2.25. The third kappa shape index (κ3) is 4.16. The van der Waals surface area contributed by atoms with E-state index in [0.29, 0.717) is 5.92 Å². The van der Waals surface area contributed by atoms with Crippen molar-refractivity contribution in [3.8, 4) is 0 Å². The molecule has 2 heterocycles. The lowest BCUT2D eigenvalue weighted by atomic mass is 9.96. The van der Waals surface area contributed by atoms with Gasteiger partial charge in [0.2, 0.25) is 0 Å². The molecule has 0 spiro atoms. The fraction of sp³-hybridized carbons (Fsp3) is 0.409. The molecule has 0 aliphatic carbocycles. The van der Waals surface area contributed by atoms with Gasteiger partial charge in [-0.15, -0.1) is 0 Å². The van der Waals surface area contributed by atoms with Crippen LogP contribution in [-0.2, 0) is 6.42 Å². The van der Waals surface area contributed by atoms with E-state index in [-0.39, 0.29) is 0 Å². The highest BCUT2D eigenvalue weighted by atomic mass is 15.3. The Bertz CT molecular complexity index is 904. The van der Waals surface area contributed by atoms with Crippen molar-refractivity contribution in [1.82, 2.24) is 25.4 Å². The van der Waals surface area contributed by atoms with Crippen LogP contribution in [0.2, 0.25) is 0 Å². The van der Waals surface area contributed by atoms with E-state index in [2.05, 4.69) is 74.8 Å². The smallest absolute Gasteiger partial charge is 0.193 e. The molecule has 4 rings (SSSR count). The highest BCUT2D eigenvalue weighted by molar-refractivity contribution is 5.85. The van der Waals surface area contributed by atoms with Gasteiger partial charge >= 0.3 is 0 Å². The van der Waals surface area contributed by atoms with Gasteiger partial charge in [0.1, 0.15) is 12.2 Å². The number of aromatic nitrogens is 3. The fourth-order valence-corrected chi connectivity index (χ4v) is 3.99. The maximum Gasteiger partial charge on any atom is 0.193 e. The van der Waals surface area contributed by atoms with Crippen LogP contribution in [0, 0.1) is 0 Å². The molecule has 28 heavy (non-hydrogen) atoms. The number of H-pyrrole nitrogens is 1. The van der Waals surface area contributed by atoms with Crippen LogP contribution in [-0.4, -0.2) is 52.2 Å². The first kappa shape index (κ1) is 18.5. The minimum absolute atomic E-state index is 0.470.